The van der Waals surface area contributed by atoms with E-state index in [1.165, 1.54) is 12.1 Å². The zero-order valence-electron chi connectivity index (χ0n) is 26.8. The number of aryl methyl sites for hydroxylation is 1. The molecule has 0 spiro atoms. The summed E-state index contributed by atoms with van der Waals surface area (Å²) < 4.78 is 45.0. The largest absolute Gasteiger partial charge is 0.508 e. The molecule has 10 nitrogen and oxygen atoms in total. The third kappa shape index (κ3) is 4.79. The number of hydrogen-bond donors (Lipinski definition) is 3. The Bertz CT molecular complexity index is 1990. The van der Waals surface area contributed by atoms with Crippen LogP contribution in [0.5, 0.6) is 17.6 Å². The number of anilines is 1. The molecular weight excluding hydrogens is 618 g/mol. The summed E-state index contributed by atoms with van der Waals surface area (Å²) in [5.74, 6) is -0.461. The van der Waals surface area contributed by atoms with Gasteiger partial charge in [0.1, 0.15) is 40.6 Å². The van der Waals surface area contributed by atoms with Crippen LogP contribution in [0.25, 0.3) is 32.9 Å². The average molecular weight is 657 g/mol. The summed E-state index contributed by atoms with van der Waals surface area (Å²) in [6, 6.07) is 6.42. The van der Waals surface area contributed by atoms with Crippen molar-refractivity contribution in [1.82, 2.24) is 25.2 Å². The summed E-state index contributed by atoms with van der Waals surface area (Å²) in [5, 5.41) is 25.7. The van der Waals surface area contributed by atoms with Gasteiger partial charge in [-0.05, 0) is 66.6 Å². The van der Waals surface area contributed by atoms with Gasteiger partial charge < -0.3 is 29.9 Å². The van der Waals surface area contributed by atoms with Gasteiger partial charge in [-0.25, -0.2) is 13.8 Å². The van der Waals surface area contributed by atoms with Crippen LogP contribution in [0.1, 0.15) is 38.2 Å². The summed E-state index contributed by atoms with van der Waals surface area (Å²) >= 11 is 0. The fourth-order valence-corrected chi connectivity index (χ4v) is 8.33. The van der Waals surface area contributed by atoms with Gasteiger partial charge in [0.15, 0.2) is 5.82 Å². The van der Waals surface area contributed by atoms with E-state index >= 15 is 8.78 Å². The van der Waals surface area contributed by atoms with Gasteiger partial charge in [-0.15, -0.1) is 0 Å². The Morgan fingerprint density at radius 1 is 1.12 bits per heavy atom. The minimum atomic E-state index is -0.712. The maximum Gasteiger partial charge on any atom is 0.319 e. The number of aromatic hydroxyl groups is 1. The summed E-state index contributed by atoms with van der Waals surface area (Å²) in [6.45, 7) is 4.83. The van der Waals surface area contributed by atoms with Crippen molar-refractivity contribution in [3.05, 3.63) is 53.6 Å². The van der Waals surface area contributed by atoms with Crippen LogP contribution < -0.4 is 19.7 Å². The molecule has 2 aromatic heterocycles. The number of piperazine rings is 1. The number of nitrogens with one attached hydrogen (secondary N) is 1. The smallest absolute Gasteiger partial charge is 0.319 e. The molecule has 4 atom stereocenters. The molecule has 48 heavy (non-hydrogen) atoms. The number of benzene rings is 2. The first-order chi connectivity index (χ1) is 23.3. The van der Waals surface area contributed by atoms with Crippen molar-refractivity contribution in [1.29, 1.82) is 0 Å². The van der Waals surface area contributed by atoms with Gasteiger partial charge >= 0.3 is 6.01 Å². The Balaban J connectivity index is 1.18. The first-order valence-corrected chi connectivity index (χ1v) is 17.0. The van der Waals surface area contributed by atoms with Crippen LogP contribution in [0, 0.1) is 17.0 Å². The van der Waals surface area contributed by atoms with Crippen molar-refractivity contribution in [2.24, 2.45) is 5.41 Å². The highest BCUT2D eigenvalue weighted by Gasteiger charge is 2.47. The second-order valence-electron chi connectivity index (χ2n) is 14.1. The molecule has 3 N–H and O–H groups in total. The third-order valence-electron chi connectivity index (χ3n) is 11.1. The fourth-order valence-electron chi connectivity index (χ4n) is 8.33. The van der Waals surface area contributed by atoms with Gasteiger partial charge in [0.2, 0.25) is 5.88 Å². The molecule has 5 aliphatic rings. The van der Waals surface area contributed by atoms with Crippen LogP contribution in [-0.4, -0.2) is 93.7 Å². The minimum absolute atomic E-state index is 0.00117. The molecule has 1 aliphatic carbocycles. The van der Waals surface area contributed by atoms with Gasteiger partial charge in [-0.1, -0.05) is 25.1 Å². The molecule has 6 heterocycles. The summed E-state index contributed by atoms with van der Waals surface area (Å²) in [6.07, 6.45) is 8.48. The van der Waals surface area contributed by atoms with Crippen molar-refractivity contribution in [2.75, 3.05) is 44.4 Å². The van der Waals surface area contributed by atoms with Crippen molar-refractivity contribution < 1.29 is 28.5 Å². The molecule has 2 aromatic carbocycles. The van der Waals surface area contributed by atoms with Gasteiger partial charge in [0.25, 0.3) is 0 Å². The quantitative estimate of drug-likeness (QED) is 0.235. The van der Waals surface area contributed by atoms with Crippen LogP contribution in [0.4, 0.5) is 14.6 Å². The van der Waals surface area contributed by atoms with E-state index < -0.39 is 11.6 Å². The molecule has 3 fully saturated rings. The van der Waals surface area contributed by atoms with Crippen LogP contribution in [0.15, 0.2) is 36.4 Å². The Morgan fingerprint density at radius 3 is 2.81 bits per heavy atom. The number of phenolic OH excluding ortho intramolecular Hbond substituents is 1. The maximum absolute atomic E-state index is 17.1. The highest BCUT2D eigenvalue weighted by Crippen LogP contribution is 2.48. The Morgan fingerprint density at radius 2 is 2.00 bits per heavy atom. The number of aliphatic hydroxyl groups excluding tert-OH is 1. The lowest BCUT2D eigenvalue weighted by Crippen LogP contribution is -2.60. The van der Waals surface area contributed by atoms with E-state index in [-0.39, 0.29) is 70.6 Å². The summed E-state index contributed by atoms with van der Waals surface area (Å²) in [7, 11) is 0. The number of rotatable bonds is 8. The highest BCUT2D eigenvalue weighted by molar-refractivity contribution is 6.03. The second-order valence-corrected chi connectivity index (χ2v) is 14.1. The number of fused-ring (bicyclic) bond motifs is 6. The number of halogens is 2. The molecule has 12 heteroatoms. The van der Waals surface area contributed by atoms with Crippen LogP contribution in [0.2, 0.25) is 0 Å². The molecule has 0 unspecified atom stereocenters. The highest BCUT2D eigenvalue weighted by atomic mass is 19.1. The van der Waals surface area contributed by atoms with E-state index in [0.29, 0.717) is 53.7 Å². The number of pyridine rings is 1. The minimum Gasteiger partial charge on any atom is -0.508 e. The van der Waals surface area contributed by atoms with Crippen LogP contribution >= 0.6 is 0 Å². The van der Waals surface area contributed by atoms with Gasteiger partial charge in [-0.2, -0.15) is 9.97 Å². The molecular formula is C36H38F2N6O4. The average Bonchev–Trinajstić information content (AvgIpc) is 3.58. The van der Waals surface area contributed by atoms with Crippen LogP contribution in [0.3, 0.4) is 0 Å². The molecule has 250 valence electrons. The monoisotopic (exact) mass is 656 g/mol. The molecule has 4 aromatic rings. The van der Waals surface area contributed by atoms with E-state index in [1.54, 1.807) is 12.1 Å². The molecule has 1 saturated carbocycles. The lowest BCUT2D eigenvalue weighted by Gasteiger charge is -2.40. The molecule has 9 rings (SSSR count). The number of ether oxygens (including phenoxy) is 2. The van der Waals surface area contributed by atoms with E-state index in [9.17, 15) is 10.2 Å². The van der Waals surface area contributed by atoms with E-state index in [1.807, 2.05) is 13.0 Å². The Kier molecular flexibility index (Phi) is 7.00. The Labute approximate surface area is 276 Å². The SMILES string of the molecule is CCc1c(F)ccc2cc(O)cc(-c3nc4c5c(nc(OCC6(CN7CC=C[C@@H]7CO)CC6)nc5c3F)N3C[C@@H]5CC[C@@H](N5)[C@H]3CO4)c12. The predicted molar refractivity (Wildman–Crippen MR) is 177 cm³/mol. The topological polar surface area (TPSA) is 116 Å². The standard InChI is InChI=1S/C36H38F2N6O4/c1-2-23-25(37)7-5-19-12-22(46)13-24(28(19)23)31-30(38)32-29-33(44-14-20-6-8-26(39-20)27(44)16-47-34(29)40-31)42-35(41-32)48-18-36(9-10-36)17-43-11-3-4-21(43)15-45/h3-5,7,12-13,20-21,26-27,39,45-46H,2,6,8-11,14-18H2,1H3/t20-,21+,26+,27+/m0/s1. The molecule has 0 radical (unpaired) electrons. The van der Waals surface area contributed by atoms with Crippen molar-refractivity contribution in [2.45, 2.75) is 63.2 Å². The number of phenols is 1. The third-order valence-corrected chi connectivity index (χ3v) is 11.1. The van der Waals surface area contributed by atoms with Crippen molar-refractivity contribution in [3.63, 3.8) is 0 Å². The molecule has 0 amide bonds. The van der Waals surface area contributed by atoms with E-state index in [4.69, 9.17) is 19.4 Å². The van der Waals surface area contributed by atoms with Gasteiger partial charge in [0.05, 0.1) is 25.3 Å². The number of aliphatic hydroxyl groups is 1. The molecule has 4 aliphatic heterocycles. The van der Waals surface area contributed by atoms with Gasteiger partial charge in [-0.3, -0.25) is 4.90 Å². The normalized spacial score (nSPS) is 25.4. The first-order valence-electron chi connectivity index (χ1n) is 17.0. The van der Waals surface area contributed by atoms with Gasteiger partial charge in [0, 0.05) is 42.7 Å². The second kappa shape index (κ2) is 11.2. The zero-order chi connectivity index (χ0) is 32.7. The number of aromatic nitrogens is 3. The summed E-state index contributed by atoms with van der Waals surface area (Å²) in [4.78, 5) is 18.8. The maximum atomic E-state index is 17.1. The molecule has 2 saturated heterocycles. The molecule has 2 bridgehead atoms. The lowest BCUT2D eigenvalue weighted by atomic mass is 9.94. The van der Waals surface area contributed by atoms with Crippen LogP contribution in [-0.2, 0) is 6.42 Å². The zero-order valence-corrected chi connectivity index (χ0v) is 26.8. The predicted octanol–water partition coefficient (Wildman–Crippen LogP) is 4.48. The van der Waals surface area contributed by atoms with Crippen molar-refractivity contribution >= 4 is 27.5 Å². The first kappa shape index (κ1) is 30.0. The summed E-state index contributed by atoms with van der Waals surface area (Å²) in [5.41, 5.74) is 0.513. The Hall–Kier alpha value is -4.13. The fraction of sp³-hybridized carbons (Fsp3) is 0.472. The number of hydrogen-bond acceptors (Lipinski definition) is 10. The van der Waals surface area contributed by atoms with Crippen molar-refractivity contribution in [3.8, 4) is 28.9 Å². The lowest BCUT2D eigenvalue weighted by molar-refractivity contribution is 0.123. The number of nitrogens with zero attached hydrogens (tertiary/aromatic N) is 5. The van der Waals surface area contributed by atoms with E-state index in [0.717, 1.165) is 38.8 Å². The van der Waals surface area contributed by atoms with E-state index in [2.05, 4.69) is 26.2 Å².